The molecule has 0 spiro atoms. The Morgan fingerprint density at radius 2 is 1.69 bits per heavy atom. The fraction of sp³-hybridized carbons (Fsp3) is 0.429. The number of anilines is 1. The first-order chi connectivity index (χ1) is 12.3. The molecule has 0 N–H and O–H groups in total. The van der Waals surface area contributed by atoms with E-state index in [1.54, 1.807) is 12.0 Å². The van der Waals surface area contributed by atoms with Gasteiger partial charge in [-0.3, -0.25) is 4.79 Å². The summed E-state index contributed by atoms with van der Waals surface area (Å²) < 4.78 is 0. The van der Waals surface area contributed by atoms with Crippen molar-refractivity contribution in [3.63, 3.8) is 0 Å². The average molecular weight is 354 g/mol. The largest absolute Gasteiger partial charge is 0.368 e. The van der Waals surface area contributed by atoms with Gasteiger partial charge in [-0.2, -0.15) is 0 Å². The highest BCUT2D eigenvalue weighted by molar-refractivity contribution is 6.02. The van der Waals surface area contributed by atoms with Crippen molar-refractivity contribution in [3.8, 4) is 0 Å². The summed E-state index contributed by atoms with van der Waals surface area (Å²) in [7, 11) is 0. The molecule has 0 saturated carbocycles. The number of fused-ring (bicyclic) bond motifs is 1. The summed E-state index contributed by atoms with van der Waals surface area (Å²) in [5.41, 5.74) is 1.34. The molecule has 0 bridgehead atoms. The predicted octanol–water partition coefficient (Wildman–Crippen LogP) is 3.67. The van der Waals surface area contributed by atoms with Crippen LogP contribution in [0.2, 0.25) is 0 Å². The smallest absolute Gasteiger partial charge is 0.330 e. The maximum absolute atomic E-state index is 12.1. The monoisotopic (exact) mass is 354 g/mol. The average Bonchev–Trinajstić information content (AvgIpc) is 2.60. The summed E-state index contributed by atoms with van der Waals surface area (Å²) >= 11 is 0. The third kappa shape index (κ3) is 3.88. The minimum Gasteiger partial charge on any atom is -0.368 e. The van der Waals surface area contributed by atoms with Crippen molar-refractivity contribution >= 4 is 28.2 Å². The molecule has 0 aromatic heterocycles. The number of ketones is 1. The van der Waals surface area contributed by atoms with E-state index in [4.69, 9.17) is 4.84 Å². The van der Waals surface area contributed by atoms with Crippen molar-refractivity contribution < 1.29 is 14.4 Å². The van der Waals surface area contributed by atoms with Crippen molar-refractivity contribution in [2.75, 3.05) is 31.1 Å². The fourth-order valence-corrected chi connectivity index (χ4v) is 3.03. The maximum Gasteiger partial charge on any atom is 0.330 e. The highest BCUT2D eigenvalue weighted by atomic mass is 16.7. The molecule has 0 atom stereocenters. The van der Waals surface area contributed by atoms with Crippen molar-refractivity contribution in [2.24, 2.45) is 5.41 Å². The van der Waals surface area contributed by atoms with Gasteiger partial charge >= 0.3 is 5.97 Å². The molecule has 0 amide bonds. The van der Waals surface area contributed by atoms with Gasteiger partial charge in [0.15, 0.2) is 5.78 Å². The number of hydrogen-bond donors (Lipinski definition) is 0. The molecule has 2 aromatic rings. The lowest BCUT2D eigenvalue weighted by molar-refractivity contribution is -0.201. The van der Waals surface area contributed by atoms with E-state index in [0.29, 0.717) is 13.1 Å². The Labute approximate surface area is 154 Å². The lowest BCUT2D eigenvalue weighted by Gasteiger charge is -2.36. The first-order valence-electron chi connectivity index (χ1n) is 9.02. The van der Waals surface area contributed by atoms with Crippen LogP contribution in [-0.4, -0.2) is 43.0 Å². The minimum atomic E-state index is -0.504. The molecule has 0 unspecified atom stereocenters. The second kappa shape index (κ2) is 7.08. The van der Waals surface area contributed by atoms with E-state index in [1.165, 1.54) is 0 Å². The van der Waals surface area contributed by atoms with Gasteiger partial charge in [0.2, 0.25) is 0 Å². The summed E-state index contributed by atoms with van der Waals surface area (Å²) in [6.45, 7) is 10.00. The molecule has 1 heterocycles. The van der Waals surface area contributed by atoms with E-state index < -0.39 is 5.41 Å². The number of piperazine rings is 1. The Balaban J connectivity index is 1.76. The Morgan fingerprint density at radius 3 is 2.31 bits per heavy atom. The molecule has 2 aromatic carbocycles. The second-order valence-corrected chi connectivity index (χ2v) is 7.81. The van der Waals surface area contributed by atoms with Gasteiger partial charge in [0, 0.05) is 29.7 Å². The molecule has 3 rings (SSSR count). The Hall–Kier alpha value is -2.40. The molecule has 0 radical (unpaired) electrons. The molecule has 1 aliphatic heterocycles. The van der Waals surface area contributed by atoms with Crippen LogP contribution in [0.3, 0.4) is 0 Å². The van der Waals surface area contributed by atoms with Crippen LogP contribution in [-0.2, 0) is 9.63 Å². The van der Waals surface area contributed by atoms with Crippen LogP contribution in [0.15, 0.2) is 36.4 Å². The third-order valence-electron chi connectivity index (χ3n) is 4.67. The van der Waals surface area contributed by atoms with Crippen molar-refractivity contribution in [1.82, 2.24) is 5.06 Å². The first kappa shape index (κ1) is 18.4. The first-order valence-corrected chi connectivity index (χ1v) is 9.02. The van der Waals surface area contributed by atoms with Crippen molar-refractivity contribution in [3.05, 3.63) is 42.0 Å². The van der Waals surface area contributed by atoms with Gasteiger partial charge in [-0.1, -0.05) is 24.3 Å². The SMILES string of the molecule is CC(=O)c1ccc2cccc(N3CCN(OC(=O)C(C)(C)C)CC3)c2c1. The number of hydrogen-bond acceptors (Lipinski definition) is 5. The number of benzene rings is 2. The van der Waals surface area contributed by atoms with Gasteiger partial charge in [0.25, 0.3) is 0 Å². The van der Waals surface area contributed by atoms with Crippen LogP contribution >= 0.6 is 0 Å². The molecule has 138 valence electrons. The van der Waals surface area contributed by atoms with Gasteiger partial charge < -0.3 is 9.74 Å². The maximum atomic E-state index is 12.1. The molecular formula is C21H26N2O3. The second-order valence-electron chi connectivity index (χ2n) is 7.81. The topological polar surface area (TPSA) is 49.9 Å². The van der Waals surface area contributed by atoms with Gasteiger partial charge in [0.05, 0.1) is 18.5 Å². The van der Waals surface area contributed by atoms with E-state index in [9.17, 15) is 9.59 Å². The highest BCUT2D eigenvalue weighted by Gasteiger charge is 2.28. The molecule has 1 aliphatic rings. The zero-order valence-corrected chi connectivity index (χ0v) is 15.9. The number of rotatable bonds is 3. The molecule has 1 fully saturated rings. The molecule has 26 heavy (non-hydrogen) atoms. The van der Waals surface area contributed by atoms with Crippen LogP contribution in [0.25, 0.3) is 10.8 Å². The summed E-state index contributed by atoms with van der Waals surface area (Å²) in [6.07, 6.45) is 0. The van der Waals surface area contributed by atoms with E-state index in [-0.39, 0.29) is 11.8 Å². The van der Waals surface area contributed by atoms with E-state index in [2.05, 4.69) is 17.0 Å². The number of hydroxylamine groups is 2. The summed E-state index contributed by atoms with van der Waals surface area (Å²) in [6, 6.07) is 12.0. The Kier molecular flexibility index (Phi) is 5.01. The summed E-state index contributed by atoms with van der Waals surface area (Å²) in [4.78, 5) is 31.6. The summed E-state index contributed by atoms with van der Waals surface area (Å²) in [5.74, 6) is -0.136. The lowest BCUT2D eigenvalue weighted by Crippen LogP contribution is -2.48. The predicted molar refractivity (Wildman–Crippen MR) is 103 cm³/mol. The normalized spacial score (nSPS) is 15.9. The standard InChI is InChI=1S/C21H26N2O3/c1-15(24)17-9-8-16-6-5-7-19(18(16)14-17)22-10-12-23(13-11-22)26-20(25)21(2,3)4/h5-9,14H,10-13H2,1-4H3. The van der Waals surface area contributed by atoms with Gasteiger partial charge in [-0.05, 0) is 45.2 Å². The number of carbonyl (C=O) groups excluding carboxylic acids is 2. The lowest BCUT2D eigenvalue weighted by atomic mass is 9.98. The Bertz CT molecular complexity index is 831. The Morgan fingerprint density at radius 1 is 1.00 bits per heavy atom. The van der Waals surface area contributed by atoms with Crippen LogP contribution in [0.4, 0.5) is 5.69 Å². The van der Waals surface area contributed by atoms with Crippen LogP contribution < -0.4 is 4.90 Å². The van der Waals surface area contributed by atoms with Gasteiger partial charge in [0.1, 0.15) is 0 Å². The third-order valence-corrected chi connectivity index (χ3v) is 4.67. The van der Waals surface area contributed by atoms with E-state index in [0.717, 1.165) is 35.1 Å². The van der Waals surface area contributed by atoms with Gasteiger partial charge in [-0.25, -0.2) is 4.79 Å². The number of Topliss-reactive ketones (excluding diaryl/α,β-unsaturated/α-hetero) is 1. The van der Waals surface area contributed by atoms with Crippen molar-refractivity contribution in [2.45, 2.75) is 27.7 Å². The zero-order valence-electron chi connectivity index (χ0n) is 15.9. The van der Waals surface area contributed by atoms with Crippen molar-refractivity contribution in [1.29, 1.82) is 0 Å². The minimum absolute atomic E-state index is 0.0700. The van der Waals surface area contributed by atoms with E-state index in [1.807, 2.05) is 45.0 Å². The quantitative estimate of drug-likeness (QED) is 0.787. The molecule has 1 saturated heterocycles. The molecule has 0 aliphatic carbocycles. The molecule has 5 heteroatoms. The zero-order chi connectivity index (χ0) is 18.9. The van der Waals surface area contributed by atoms with Crippen LogP contribution in [0, 0.1) is 5.41 Å². The van der Waals surface area contributed by atoms with Crippen LogP contribution in [0.5, 0.6) is 0 Å². The molecular weight excluding hydrogens is 328 g/mol. The van der Waals surface area contributed by atoms with E-state index >= 15 is 0 Å². The van der Waals surface area contributed by atoms with Gasteiger partial charge in [-0.15, -0.1) is 5.06 Å². The fourth-order valence-electron chi connectivity index (χ4n) is 3.03. The molecule has 5 nitrogen and oxygen atoms in total. The van der Waals surface area contributed by atoms with Crippen LogP contribution in [0.1, 0.15) is 38.1 Å². The summed E-state index contributed by atoms with van der Waals surface area (Å²) in [5, 5.41) is 3.95. The number of carbonyl (C=O) groups is 2. The number of nitrogens with zero attached hydrogens (tertiary/aromatic N) is 2. The highest BCUT2D eigenvalue weighted by Crippen LogP contribution is 2.29.